The zero-order valence-electron chi connectivity index (χ0n) is 12.7. The molecule has 0 unspecified atom stereocenters. The Balaban J connectivity index is 2.04. The number of carbonyl (C=O) groups excluding carboxylic acids is 2. The third-order valence-corrected chi connectivity index (χ3v) is 3.31. The molecule has 22 heavy (non-hydrogen) atoms. The molecule has 114 valence electrons. The first kappa shape index (κ1) is 15.8. The fourth-order valence-corrected chi connectivity index (χ4v) is 2.00. The largest absolute Gasteiger partial charge is 0.332 e. The summed E-state index contributed by atoms with van der Waals surface area (Å²) < 4.78 is 0. The normalized spacial score (nSPS) is 10.5. The van der Waals surface area contributed by atoms with Gasteiger partial charge in [0.25, 0.3) is 11.8 Å². The molecule has 4 nitrogen and oxygen atoms in total. The molecule has 0 spiro atoms. The van der Waals surface area contributed by atoms with Gasteiger partial charge in [0.2, 0.25) is 0 Å². The molecule has 0 fully saturated rings. The fraction of sp³-hybridized carbons (Fsp3) is 0.222. The van der Waals surface area contributed by atoms with E-state index in [-0.39, 0.29) is 17.7 Å². The molecule has 4 heteroatoms. The smallest absolute Gasteiger partial charge is 0.252 e. The topological polar surface area (TPSA) is 58.2 Å². The highest BCUT2D eigenvalue weighted by Crippen LogP contribution is 2.05. The van der Waals surface area contributed by atoms with Gasteiger partial charge < -0.3 is 10.6 Å². The molecule has 0 atom stereocenters. The average molecular weight is 296 g/mol. The molecule has 0 heterocycles. The number of rotatable bonds is 5. The van der Waals surface area contributed by atoms with E-state index in [1.54, 1.807) is 24.3 Å². The minimum absolute atomic E-state index is 0.0697. The lowest BCUT2D eigenvalue weighted by molar-refractivity contribution is 0.0861. The third kappa shape index (κ3) is 4.19. The molecule has 0 aliphatic rings. The van der Waals surface area contributed by atoms with Crippen LogP contribution in [0, 0.1) is 5.92 Å². The van der Waals surface area contributed by atoms with Crippen molar-refractivity contribution in [1.82, 2.24) is 10.6 Å². The Kier molecular flexibility index (Phi) is 5.31. The molecule has 0 bridgehead atoms. The minimum atomic E-state index is -0.430. The van der Waals surface area contributed by atoms with Crippen LogP contribution in [0.3, 0.4) is 0 Å². The zero-order valence-corrected chi connectivity index (χ0v) is 12.7. The standard InChI is InChI=1S/C18H20N2O2/c1-13(2)16(19-17(21)14-9-5-3-6-10-14)20-18(22)15-11-7-4-8-12-15/h3-13,16H,1-2H3,(H,19,21)(H,20,22). The van der Waals surface area contributed by atoms with Gasteiger partial charge in [0.05, 0.1) is 0 Å². The second-order valence-electron chi connectivity index (χ2n) is 5.40. The number of hydrogen-bond acceptors (Lipinski definition) is 2. The van der Waals surface area contributed by atoms with Crippen molar-refractivity contribution in [3.8, 4) is 0 Å². The highest BCUT2D eigenvalue weighted by molar-refractivity contribution is 5.96. The van der Waals surface area contributed by atoms with E-state index in [0.29, 0.717) is 11.1 Å². The van der Waals surface area contributed by atoms with E-state index >= 15 is 0 Å². The summed E-state index contributed by atoms with van der Waals surface area (Å²) >= 11 is 0. The van der Waals surface area contributed by atoms with Crippen LogP contribution in [0.4, 0.5) is 0 Å². The monoisotopic (exact) mass is 296 g/mol. The molecule has 0 radical (unpaired) electrons. The van der Waals surface area contributed by atoms with Crippen molar-refractivity contribution in [3.05, 3.63) is 71.8 Å². The van der Waals surface area contributed by atoms with Crippen molar-refractivity contribution >= 4 is 11.8 Å². The van der Waals surface area contributed by atoms with E-state index in [9.17, 15) is 9.59 Å². The maximum atomic E-state index is 12.2. The van der Waals surface area contributed by atoms with Crippen LogP contribution in [0.25, 0.3) is 0 Å². The predicted molar refractivity (Wildman–Crippen MR) is 86.4 cm³/mol. The van der Waals surface area contributed by atoms with Crippen molar-refractivity contribution in [3.63, 3.8) is 0 Å². The second-order valence-corrected chi connectivity index (χ2v) is 5.40. The lowest BCUT2D eigenvalue weighted by Gasteiger charge is -2.23. The SMILES string of the molecule is CC(C)C(NC(=O)c1ccccc1)NC(=O)c1ccccc1. The number of hydrogen-bond donors (Lipinski definition) is 2. The van der Waals surface area contributed by atoms with Crippen LogP contribution in [0.1, 0.15) is 34.6 Å². The predicted octanol–water partition coefficient (Wildman–Crippen LogP) is 2.83. The number of carbonyl (C=O) groups is 2. The summed E-state index contributed by atoms with van der Waals surface area (Å²) in [5.41, 5.74) is 1.14. The number of amides is 2. The lowest BCUT2D eigenvalue weighted by atomic mass is 10.1. The first-order valence-electron chi connectivity index (χ1n) is 7.29. The molecule has 0 aromatic heterocycles. The van der Waals surface area contributed by atoms with Crippen LogP contribution in [0.2, 0.25) is 0 Å². The lowest BCUT2D eigenvalue weighted by Crippen LogP contribution is -2.51. The average Bonchev–Trinajstić information content (AvgIpc) is 2.55. The first-order chi connectivity index (χ1) is 10.6. The molecular formula is C18H20N2O2. The van der Waals surface area contributed by atoms with E-state index in [4.69, 9.17) is 0 Å². The molecular weight excluding hydrogens is 276 g/mol. The second kappa shape index (κ2) is 7.41. The van der Waals surface area contributed by atoms with Crippen molar-refractivity contribution in [2.75, 3.05) is 0 Å². The van der Waals surface area contributed by atoms with Gasteiger partial charge in [-0.3, -0.25) is 9.59 Å². The van der Waals surface area contributed by atoms with Gasteiger partial charge in [-0.25, -0.2) is 0 Å². The summed E-state index contributed by atoms with van der Waals surface area (Å²) in [7, 11) is 0. The summed E-state index contributed by atoms with van der Waals surface area (Å²) in [4.78, 5) is 24.4. The van der Waals surface area contributed by atoms with Crippen LogP contribution < -0.4 is 10.6 Å². The van der Waals surface area contributed by atoms with Gasteiger partial charge in [-0.2, -0.15) is 0 Å². The van der Waals surface area contributed by atoms with Crippen molar-refractivity contribution in [1.29, 1.82) is 0 Å². The molecule has 2 amide bonds. The van der Waals surface area contributed by atoms with Gasteiger partial charge in [0, 0.05) is 11.1 Å². The van der Waals surface area contributed by atoms with Gasteiger partial charge in [0.1, 0.15) is 6.17 Å². The Morgan fingerprint density at radius 1 is 0.727 bits per heavy atom. The number of nitrogens with one attached hydrogen (secondary N) is 2. The summed E-state index contributed by atoms with van der Waals surface area (Å²) in [6, 6.07) is 17.9. The van der Waals surface area contributed by atoms with E-state index in [1.165, 1.54) is 0 Å². The van der Waals surface area contributed by atoms with Crippen LogP contribution in [-0.4, -0.2) is 18.0 Å². The Hall–Kier alpha value is -2.62. The van der Waals surface area contributed by atoms with Crippen LogP contribution in [-0.2, 0) is 0 Å². The Morgan fingerprint density at radius 3 is 1.41 bits per heavy atom. The summed E-state index contributed by atoms with van der Waals surface area (Å²) in [5, 5.41) is 5.73. The van der Waals surface area contributed by atoms with E-state index in [0.717, 1.165) is 0 Å². The highest BCUT2D eigenvalue weighted by Gasteiger charge is 2.19. The maximum absolute atomic E-state index is 12.2. The van der Waals surface area contributed by atoms with Gasteiger partial charge in [-0.1, -0.05) is 50.2 Å². The van der Waals surface area contributed by atoms with Crippen molar-refractivity contribution in [2.24, 2.45) is 5.92 Å². The molecule has 2 N–H and O–H groups in total. The van der Waals surface area contributed by atoms with Crippen LogP contribution >= 0.6 is 0 Å². The fourth-order valence-electron chi connectivity index (χ4n) is 2.00. The zero-order chi connectivity index (χ0) is 15.9. The van der Waals surface area contributed by atoms with Gasteiger partial charge in [-0.05, 0) is 30.2 Å². The molecule has 2 rings (SSSR count). The van der Waals surface area contributed by atoms with Crippen molar-refractivity contribution in [2.45, 2.75) is 20.0 Å². The molecule has 2 aromatic carbocycles. The van der Waals surface area contributed by atoms with Gasteiger partial charge in [-0.15, -0.1) is 0 Å². The summed E-state index contributed by atoms with van der Waals surface area (Å²) in [6.45, 7) is 3.89. The quantitative estimate of drug-likeness (QED) is 0.834. The maximum Gasteiger partial charge on any atom is 0.252 e. The Bertz CT molecular complexity index is 571. The first-order valence-corrected chi connectivity index (χ1v) is 7.29. The van der Waals surface area contributed by atoms with E-state index in [2.05, 4.69) is 10.6 Å². The van der Waals surface area contributed by atoms with Gasteiger partial charge >= 0.3 is 0 Å². The van der Waals surface area contributed by atoms with Crippen molar-refractivity contribution < 1.29 is 9.59 Å². The minimum Gasteiger partial charge on any atom is -0.332 e. The Morgan fingerprint density at radius 2 is 1.09 bits per heavy atom. The van der Waals surface area contributed by atoms with Gasteiger partial charge in [0.15, 0.2) is 0 Å². The molecule has 0 aliphatic heterocycles. The Labute approximate surface area is 130 Å². The van der Waals surface area contributed by atoms with Crippen LogP contribution in [0.5, 0.6) is 0 Å². The molecule has 0 saturated heterocycles. The molecule has 0 aliphatic carbocycles. The number of benzene rings is 2. The summed E-state index contributed by atoms with van der Waals surface area (Å²) in [6.07, 6.45) is -0.430. The third-order valence-electron chi connectivity index (χ3n) is 3.31. The van der Waals surface area contributed by atoms with Crippen LogP contribution in [0.15, 0.2) is 60.7 Å². The highest BCUT2D eigenvalue weighted by atomic mass is 16.2. The van der Waals surface area contributed by atoms with E-state index in [1.807, 2.05) is 50.2 Å². The molecule has 2 aromatic rings. The van der Waals surface area contributed by atoms with E-state index < -0.39 is 6.17 Å². The molecule has 0 saturated carbocycles. The summed E-state index contributed by atoms with van der Waals surface area (Å²) in [5.74, 6) is -0.333.